The minimum Gasteiger partial charge on any atom is -0.469 e. The van der Waals surface area contributed by atoms with Crippen molar-refractivity contribution in [3.05, 3.63) is 11.3 Å². The fraction of sp³-hybridized carbons (Fsp3) is 0.750. The van der Waals surface area contributed by atoms with Crippen LogP contribution in [0.2, 0.25) is 0 Å². The van der Waals surface area contributed by atoms with Gasteiger partial charge in [-0.15, -0.1) is 0 Å². The third-order valence-electron chi connectivity index (χ3n) is 7.28. The molecule has 164 valence electrons. The molecule has 0 radical (unpaired) electrons. The molecule has 2 unspecified atom stereocenters. The number of nitrogens with zero attached hydrogens (tertiary/aromatic N) is 4. The summed E-state index contributed by atoms with van der Waals surface area (Å²) in [5, 5.41) is 0. The van der Waals surface area contributed by atoms with Gasteiger partial charge in [0.1, 0.15) is 11.5 Å². The van der Waals surface area contributed by atoms with Gasteiger partial charge in [-0.25, -0.2) is 13.8 Å². The number of carbonyl (C=O) groups is 1. The van der Waals surface area contributed by atoms with Gasteiger partial charge in [-0.1, -0.05) is 0 Å². The zero-order chi connectivity index (χ0) is 21.2. The van der Waals surface area contributed by atoms with Crippen molar-refractivity contribution in [3.63, 3.8) is 0 Å². The largest absolute Gasteiger partial charge is 0.469 e. The first-order valence-electron chi connectivity index (χ1n) is 10.4. The summed E-state index contributed by atoms with van der Waals surface area (Å²) in [6.45, 7) is 1.57. The maximum absolute atomic E-state index is 14.5. The number of fused-ring (bicyclic) bond motifs is 3. The van der Waals surface area contributed by atoms with Crippen LogP contribution >= 0.6 is 0 Å². The van der Waals surface area contributed by atoms with E-state index in [4.69, 9.17) is 4.74 Å². The Balaban J connectivity index is 1.44. The third-order valence-corrected chi connectivity index (χ3v) is 7.28. The van der Waals surface area contributed by atoms with Gasteiger partial charge in [-0.05, 0) is 37.0 Å². The zero-order valence-electron chi connectivity index (χ0n) is 16.7. The average molecular weight is 428 g/mol. The Kier molecular flexibility index (Phi) is 4.59. The molecule has 1 aromatic rings. The Labute approximate surface area is 171 Å². The van der Waals surface area contributed by atoms with Crippen LogP contribution in [-0.4, -0.2) is 55.1 Å². The number of rotatable bonds is 5. The molecule has 2 bridgehead atoms. The SMILES string of the molecule is COC(=O)CC1[C@@H]2C[C@H]1CN(c1nc(N3CCC3C(F)F)nc3c1CCC3(F)F)C2. The maximum atomic E-state index is 14.5. The van der Waals surface area contributed by atoms with Crippen LogP contribution < -0.4 is 9.80 Å². The van der Waals surface area contributed by atoms with E-state index in [9.17, 15) is 22.4 Å². The molecule has 5 aliphatic rings. The van der Waals surface area contributed by atoms with Crippen molar-refractivity contribution < 1.29 is 27.1 Å². The topological polar surface area (TPSA) is 58.6 Å². The van der Waals surface area contributed by atoms with Gasteiger partial charge < -0.3 is 14.5 Å². The van der Waals surface area contributed by atoms with Gasteiger partial charge in [0.25, 0.3) is 12.3 Å². The molecule has 4 fully saturated rings. The van der Waals surface area contributed by atoms with Crippen LogP contribution in [0.1, 0.15) is 36.9 Å². The van der Waals surface area contributed by atoms with Gasteiger partial charge in [0, 0.05) is 38.0 Å². The number of methoxy groups -OCH3 is 1. The lowest BCUT2D eigenvalue weighted by Crippen LogP contribution is -2.56. The van der Waals surface area contributed by atoms with Crippen LogP contribution in [0.3, 0.4) is 0 Å². The molecular formula is C20H24F4N4O2. The number of piperidine rings is 2. The summed E-state index contributed by atoms with van der Waals surface area (Å²) in [5.41, 5.74) is 0.122. The number of carbonyl (C=O) groups excluding carboxylic acids is 1. The van der Waals surface area contributed by atoms with E-state index in [1.807, 2.05) is 4.90 Å². The van der Waals surface area contributed by atoms with Crippen molar-refractivity contribution in [1.82, 2.24) is 9.97 Å². The van der Waals surface area contributed by atoms with Crippen molar-refractivity contribution in [3.8, 4) is 0 Å². The molecule has 10 heteroatoms. The zero-order valence-corrected chi connectivity index (χ0v) is 16.7. The first kappa shape index (κ1) is 19.8. The Morgan fingerprint density at radius 2 is 2.00 bits per heavy atom. The number of anilines is 2. The number of alkyl halides is 4. The highest BCUT2D eigenvalue weighted by molar-refractivity contribution is 5.70. The molecule has 1 aromatic heterocycles. The minimum absolute atomic E-state index is 0.0211. The summed E-state index contributed by atoms with van der Waals surface area (Å²) >= 11 is 0. The first-order chi connectivity index (χ1) is 14.3. The van der Waals surface area contributed by atoms with Crippen LogP contribution in [0, 0.1) is 17.8 Å². The van der Waals surface area contributed by atoms with E-state index in [0.29, 0.717) is 43.9 Å². The molecule has 3 saturated heterocycles. The normalized spacial score (nSPS) is 31.3. The Morgan fingerprint density at radius 1 is 1.27 bits per heavy atom. The van der Waals surface area contributed by atoms with Crippen LogP contribution in [0.4, 0.5) is 29.3 Å². The van der Waals surface area contributed by atoms with E-state index in [-0.39, 0.29) is 48.2 Å². The fourth-order valence-electron chi connectivity index (χ4n) is 5.47. The predicted octanol–water partition coefficient (Wildman–Crippen LogP) is 2.99. The Morgan fingerprint density at radius 3 is 2.60 bits per heavy atom. The molecule has 4 heterocycles. The molecule has 0 aromatic carbocycles. The fourth-order valence-corrected chi connectivity index (χ4v) is 5.47. The summed E-state index contributed by atoms with van der Waals surface area (Å²) < 4.78 is 60.3. The molecular weight excluding hydrogens is 404 g/mol. The van der Waals surface area contributed by atoms with Crippen LogP contribution in [0.25, 0.3) is 0 Å². The number of aromatic nitrogens is 2. The number of ether oxygens (including phenoxy) is 1. The maximum Gasteiger partial charge on any atom is 0.305 e. The van der Waals surface area contributed by atoms with Crippen molar-refractivity contribution in [2.45, 2.75) is 50.5 Å². The summed E-state index contributed by atoms with van der Waals surface area (Å²) in [4.78, 5) is 23.6. The van der Waals surface area contributed by atoms with Crippen LogP contribution in [0.15, 0.2) is 0 Å². The Hall–Kier alpha value is -2.13. The van der Waals surface area contributed by atoms with Crippen LogP contribution in [-0.2, 0) is 21.9 Å². The van der Waals surface area contributed by atoms with Gasteiger partial charge in [-0.3, -0.25) is 4.79 Å². The van der Waals surface area contributed by atoms with Gasteiger partial charge >= 0.3 is 5.97 Å². The average Bonchev–Trinajstić information content (AvgIpc) is 2.99. The lowest BCUT2D eigenvalue weighted by molar-refractivity contribution is -0.145. The quantitative estimate of drug-likeness (QED) is 0.531. The summed E-state index contributed by atoms with van der Waals surface area (Å²) in [7, 11) is 1.37. The third kappa shape index (κ3) is 3.01. The molecule has 30 heavy (non-hydrogen) atoms. The lowest BCUT2D eigenvalue weighted by atomic mass is 9.60. The van der Waals surface area contributed by atoms with Gasteiger partial charge in [0.05, 0.1) is 13.2 Å². The molecule has 1 saturated carbocycles. The second kappa shape index (κ2) is 6.95. The molecule has 0 amide bonds. The molecule has 6 rings (SSSR count). The highest BCUT2D eigenvalue weighted by Gasteiger charge is 2.50. The number of halogens is 4. The second-order valence-corrected chi connectivity index (χ2v) is 8.87. The molecule has 3 aliphatic heterocycles. The number of esters is 1. The van der Waals surface area contributed by atoms with E-state index in [1.54, 1.807) is 0 Å². The smallest absolute Gasteiger partial charge is 0.305 e. The minimum atomic E-state index is -3.07. The monoisotopic (exact) mass is 428 g/mol. The summed E-state index contributed by atoms with van der Waals surface area (Å²) in [6, 6.07) is -1.02. The predicted molar refractivity (Wildman–Crippen MR) is 99.9 cm³/mol. The highest BCUT2D eigenvalue weighted by Crippen LogP contribution is 2.51. The van der Waals surface area contributed by atoms with E-state index in [2.05, 4.69) is 9.97 Å². The van der Waals surface area contributed by atoms with Gasteiger partial charge in [0.15, 0.2) is 0 Å². The Bertz CT molecular complexity index is 855. The van der Waals surface area contributed by atoms with Crippen LogP contribution in [0.5, 0.6) is 0 Å². The molecule has 6 nitrogen and oxygen atoms in total. The van der Waals surface area contributed by atoms with E-state index >= 15 is 0 Å². The molecule has 0 spiro atoms. The van der Waals surface area contributed by atoms with Crippen molar-refractivity contribution >= 4 is 17.7 Å². The number of hydrogen-bond donors (Lipinski definition) is 0. The summed E-state index contributed by atoms with van der Waals surface area (Å²) in [5.74, 6) is -2.08. The van der Waals surface area contributed by atoms with E-state index in [1.165, 1.54) is 12.0 Å². The number of hydrogen-bond acceptors (Lipinski definition) is 6. The van der Waals surface area contributed by atoms with Crippen molar-refractivity contribution in [2.24, 2.45) is 17.8 Å². The summed E-state index contributed by atoms with van der Waals surface area (Å²) in [6.07, 6.45) is -1.07. The second-order valence-electron chi connectivity index (χ2n) is 8.87. The van der Waals surface area contributed by atoms with Crippen molar-refractivity contribution in [1.29, 1.82) is 0 Å². The lowest BCUT2D eigenvalue weighted by Gasteiger charge is -2.54. The molecule has 0 N–H and O–H groups in total. The van der Waals surface area contributed by atoms with Crippen molar-refractivity contribution in [2.75, 3.05) is 36.5 Å². The van der Waals surface area contributed by atoms with Gasteiger partial charge in [-0.2, -0.15) is 13.8 Å². The van der Waals surface area contributed by atoms with E-state index in [0.717, 1.165) is 6.42 Å². The van der Waals surface area contributed by atoms with Gasteiger partial charge in [0.2, 0.25) is 5.95 Å². The standard InChI is InChI=1S/C20H24F4N4O2/c1-30-15(29)7-13-10-6-11(13)9-27(8-10)18-12-2-4-20(23,24)16(12)25-19(26-18)28-5-3-14(28)17(21)22/h10-11,13-14,17H,2-9H2,1H3/t10-,11+,13?,14?. The van der Waals surface area contributed by atoms with E-state index < -0.39 is 18.4 Å². The molecule has 2 aliphatic carbocycles. The highest BCUT2D eigenvalue weighted by atomic mass is 19.3. The first-order valence-corrected chi connectivity index (χ1v) is 10.4. The molecule has 4 atom stereocenters.